The number of nitrogens with zero attached hydrogens (tertiary/aromatic N) is 4. The molecule has 2 aromatic heterocycles. The molecule has 1 saturated heterocycles. The molecule has 8 heteroatoms. The predicted molar refractivity (Wildman–Crippen MR) is 109 cm³/mol. The third-order valence-corrected chi connectivity index (χ3v) is 4.95. The molecule has 0 atom stereocenters. The molecule has 1 amide bonds. The van der Waals surface area contributed by atoms with E-state index in [9.17, 15) is 9.59 Å². The Labute approximate surface area is 164 Å². The number of aromatic amines is 1. The number of amides is 1. The van der Waals surface area contributed by atoms with Gasteiger partial charge >= 0.3 is 0 Å². The lowest BCUT2D eigenvalue weighted by Crippen LogP contribution is -2.60. The molecule has 1 aliphatic heterocycles. The normalized spacial score (nSPS) is 14.3. The van der Waals surface area contributed by atoms with Crippen LogP contribution >= 0.6 is 0 Å². The van der Waals surface area contributed by atoms with Gasteiger partial charge in [0.1, 0.15) is 12.0 Å². The van der Waals surface area contributed by atoms with Gasteiger partial charge in [0.15, 0.2) is 0 Å². The van der Waals surface area contributed by atoms with Gasteiger partial charge in [-0.25, -0.2) is 9.97 Å². The predicted octanol–water partition coefficient (Wildman–Crippen LogP) is 0.817. The third kappa shape index (κ3) is 4.28. The summed E-state index contributed by atoms with van der Waals surface area (Å²) in [6, 6.07) is 3.88. The fraction of sp³-hybridized carbons (Fsp3) is 0.400. The van der Waals surface area contributed by atoms with Gasteiger partial charge in [0.25, 0.3) is 5.56 Å². The molecule has 0 unspecified atom stereocenters. The highest BCUT2D eigenvalue weighted by atomic mass is 16.2. The zero-order chi connectivity index (χ0) is 20.1. The van der Waals surface area contributed by atoms with E-state index in [0.717, 1.165) is 23.4 Å². The van der Waals surface area contributed by atoms with Crippen LogP contribution in [0.15, 0.2) is 41.6 Å². The number of carbonyl (C=O) groups excluding carboxylic acids is 1. The second-order valence-corrected chi connectivity index (χ2v) is 6.82. The Morgan fingerprint density at radius 3 is 2.89 bits per heavy atom. The molecule has 3 heterocycles. The number of aromatic nitrogens is 3. The van der Waals surface area contributed by atoms with Gasteiger partial charge in [-0.15, -0.1) is 0 Å². The minimum absolute atomic E-state index is 0.00404. The van der Waals surface area contributed by atoms with E-state index >= 15 is 0 Å². The van der Waals surface area contributed by atoms with Crippen LogP contribution < -0.4 is 15.8 Å². The summed E-state index contributed by atoms with van der Waals surface area (Å²) in [4.78, 5) is 39.5. The van der Waals surface area contributed by atoms with E-state index < -0.39 is 0 Å². The van der Waals surface area contributed by atoms with Crippen molar-refractivity contribution in [2.75, 3.05) is 38.6 Å². The molecule has 1 aliphatic rings. The number of nitrogens with one attached hydrogen (secondary N) is 2. The Balaban J connectivity index is 1.72. The first-order valence-electron chi connectivity index (χ1n) is 9.40. The molecule has 0 aromatic carbocycles. The molecule has 2 N–H and O–H groups in total. The highest BCUT2D eigenvalue weighted by Crippen LogP contribution is 2.23. The van der Waals surface area contributed by atoms with Gasteiger partial charge < -0.3 is 20.1 Å². The maximum atomic E-state index is 12.4. The number of pyridine rings is 1. The molecule has 148 valence electrons. The zero-order valence-corrected chi connectivity index (χ0v) is 16.5. The van der Waals surface area contributed by atoms with Crippen molar-refractivity contribution in [2.24, 2.45) is 0 Å². The summed E-state index contributed by atoms with van der Waals surface area (Å²) in [5.41, 5.74) is 2.97. The van der Waals surface area contributed by atoms with Crippen molar-refractivity contribution in [1.29, 1.82) is 0 Å². The lowest BCUT2D eigenvalue weighted by atomic mass is 10.1. The maximum absolute atomic E-state index is 12.4. The number of likely N-dealkylation sites (N-methyl/N-ethyl adjacent to an activating group) is 2. The van der Waals surface area contributed by atoms with Crippen LogP contribution in [0.25, 0.3) is 11.3 Å². The van der Waals surface area contributed by atoms with E-state index in [0.29, 0.717) is 25.3 Å². The quantitative estimate of drug-likeness (QED) is 0.689. The molecule has 1 fully saturated rings. The van der Waals surface area contributed by atoms with Crippen molar-refractivity contribution < 1.29 is 4.79 Å². The first-order chi connectivity index (χ1) is 13.5. The van der Waals surface area contributed by atoms with Crippen LogP contribution in [0, 0.1) is 0 Å². The number of likely N-dealkylation sites (tertiary alicyclic amines) is 1. The van der Waals surface area contributed by atoms with Crippen LogP contribution in [-0.2, 0) is 11.2 Å². The molecule has 0 radical (unpaired) electrons. The van der Waals surface area contributed by atoms with Gasteiger partial charge in [-0.05, 0) is 25.6 Å². The number of H-pyrrole nitrogens is 1. The van der Waals surface area contributed by atoms with Gasteiger partial charge in [-0.2, -0.15) is 0 Å². The van der Waals surface area contributed by atoms with E-state index in [4.69, 9.17) is 0 Å². The number of hydrogen-bond donors (Lipinski definition) is 2. The second-order valence-electron chi connectivity index (χ2n) is 6.82. The largest absolute Gasteiger partial charge is 0.364 e. The van der Waals surface area contributed by atoms with E-state index in [1.54, 1.807) is 29.6 Å². The van der Waals surface area contributed by atoms with E-state index in [1.165, 1.54) is 0 Å². The van der Waals surface area contributed by atoms with Crippen LogP contribution in [0.1, 0.15) is 12.6 Å². The highest BCUT2D eigenvalue weighted by molar-refractivity contribution is 5.88. The van der Waals surface area contributed by atoms with Crippen molar-refractivity contribution >= 4 is 11.6 Å². The van der Waals surface area contributed by atoms with E-state index in [-0.39, 0.29) is 17.5 Å². The summed E-state index contributed by atoms with van der Waals surface area (Å²) in [7, 11) is 3.72. The number of aryl methyl sites for hydroxylation is 1. The van der Waals surface area contributed by atoms with E-state index in [2.05, 4.69) is 20.3 Å². The molecular weight excluding hydrogens is 356 g/mol. The summed E-state index contributed by atoms with van der Waals surface area (Å²) in [5, 5.41) is 2.97. The van der Waals surface area contributed by atoms with Gasteiger partial charge in [0.2, 0.25) is 5.91 Å². The molecule has 3 rings (SSSR count). The number of rotatable bonds is 7. The number of anilines is 1. The molecule has 2 aromatic rings. The highest BCUT2D eigenvalue weighted by Gasteiger charge is 2.33. The van der Waals surface area contributed by atoms with Gasteiger partial charge in [-0.3, -0.25) is 9.59 Å². The van der Waals surface area contributed by atoms with Crippen molar-refractivity contribution in [3.63, 3.8) is 0 Å². The van der Waals surface area contributed by atoms with Crippen molar-refractivity contribution in [3.8, 4) is 11.3 Å². The monoisotopic (exact) mass is 382 g/mol. The second kappa shape index (κ2) is 8.79. The lowest BCUT2D eigenvalue weighted by molar-refractivity contribution is -0.130. The molecule has 0 spiro atoms. The maximum Gasteiger partial charge on any atom is 0.271 e. The summed E-state index contributed by atoms with van der Waals surface area (Å²) >= 11 is 0. The van der Waals surface area contributed by atoms with Crippen LogP contribution in [0.4, 0.5) is 5.69 Å². The smallest absolute Gasteiger partial charge is 0.271 e. The Kier molecular flexibility index (Phi) is 6.20. The van der Waals surface area contributed by atoms with Crippen LogP contribution in [-0.4, -0.2) is 65.5 Å². The lowest BCUT2D eigenvalue weighted by Gasteiger charge is -2.44. The van der Waals surface area contributed by atoms with Crippen LogP contribution in [0.5, 0.6) is 0 Å². The standard InChI is InChI=1S/C20H26N6O2/c1-4-15-9-17(24-13-23-15)14-8-18(20(28)22-10-14)25(3)16-11-26(12-16)19(27)6-5-7-21-2/h5-6,8-10,13,16,21H,4,7,11-12H2,1-3H3,(H,22,28)/b6-5+. The average Bonchev–Trinajstić information content (AvgIpc) is 2.67. The minimum atomic E-state index is -0.158. The molecule has 0 saturated carbocycles. The molecular formula is C20H26N6O2. The summed E-state index contributed by atoms with van der Waals surface area (Å²) in [6.07, 6.45) is 7.42. The zero-order valence-electron chi connectivity index (χ0n) is 16.5. The fourth-order valence-electron chi connectivity index (χ4n) is 3.09. The third-order valence-electron chi connectivity index (χ3n) is 4.95. The molecule has 0 aliphatic carbocycles. The molecule has 8 nitrogen and oxygen atoms in total. The van der Waals surface area contributed by atoms with Crippen LogP contribution in [0.3, 0.4) is 0 Å². The fourth-order valence-corrected chi connectivity index (χ4v) is 3.09. The average molecular weight is 382 g/mol. The van der Waals surface area contributed by atoms with Gasteiger partial charge in [-0.1, -0.05) is 13.0 Å². The first-order valence-corrected chi connectivity index (χ1v) is 9.40. The number of carbonyl (C=O) groups is 1. The Morgan fingerprint density at radius 1 is 1.39 bits per heavy atom. The van der Waals surface area contributed by atoms with Gasteiger partial charge in [0, 0.05) is 50.2 Å². The Morgan fingerprint density at radius 2 is 2.18 bits per heavy atom. The molecule has 28 heavy (non-hydrogen) atoms. The van der Waals surface area contributed by atoms with E-state index in [1.807, 2.05) is 38.1 Å². The topological polar surface area (TPSA) is 94.2 Å². The summed E-state index contributed by atoms with van der Waals surface area (Å²) in [6.45, 7) is 3.89. The minimum Gasteiger partial charge on any atom is -0.364 e. The Bertz CT molecular complexity index is 917. The molecule has 0 bridgehead atoms. The first kappa shape index (κ1) is 19.8. The number of hydrogen-bond acceptors (Lipinski definition) is 6. The Hall–Kier alpha value is -3.00. The van der Waals surface area contributed by atoms with Crippen molar-refractivity contribution in [1.82, 2.24) is 25.2 Å². The van der Waals surface area contributed by atoms with Crippen molar-refractivity contribution in [3.05, 3.63) is 52.9 Å². The summed E-state index contributed by atoms with van der Waals surface area (Å²) < 4.78 is 0. The van der Waals surface area contributed by atoms with Crippen molar-refractivity contribution in [2.45, 2.75) is 19.4 Å². The van der Waals surface area contributed by atoms with Crippen LogP contribution in [0.2, 0.25) is 0 Å². The SMILES string of the molecule is CCc1cc(-c2c[nH]c(=O)c(N(C)C3CN(C(=O)/C=C/CNC)C3)c2)ncn1. The van der Waals surface area contributed by atoms with Gasteiger partial charge in [0.05, 0.1) is 11.7 Å². The summed E-state index contributed by atoms with van der Waals surface area (Å²) in [5.74, 6) is -0.00404.